The van der Waals surface area contributed by atoms with Crippen molar-refractivity contribution in [2.75, 3.05) is 6.54 Å². The summed E-state index contributed by atoms with van der Waals surface area (Å²) >= 11 is 1.65. The van der Waals surface area contributed by atoms with Crippen molar-refractivity contribution in [3.8, 4) is 10.6 Å². The van der Waals surface area contributed by atoms with E-state index < -0.39 is 0 Å². The Morgan fingerprint density at radius 2 is 2.28 bits per heavy atom. The monoisotopic (exact) mass is 260 g/mol. The minimum absolute atomic E-state index is 0.00383. The number of carbonyl (C=O) groups excluding carboxylic acids is 1. The summed E-state index contributed by atoms with van der Waals surface area (Å²) < 4.78 is 0. The van der Waals surface area contributed by atoms with Crippen molar-refractivity contribution in [2.45, 2.75) is 20.3 Å². The van der Waals surface area contributed by atoms with Crippen LogP contribution in [-0.4, -0.2) is 17.4 Å². The number of hydrogen-bond acceptors (Lipinski definition) is 3. The molecule has 0 spiro atoms. The van der Waals surface area contributed by atoms with Crippen LogP contribution in [0.2, 0.25) is 0 Å². The Labute approximate surface area is 111 Å². The largest absolute Gasteiger partial charge is 0.356 e. The predicted octanol–water partition coefficient (Wildman–Crippen LogP) is 2.80. The molecule has 0 fully saturated rings. The van der Waals surface area contributed by atoms with Gasteiger partial charge < -0.3 is 5.32 Å². The van der Waals surface area contributed by atoms with E-state index in [-0.39, 0.29) is 5.91 Å². The SMILES string of the molecule is CC(=O)NCCc1csc(-c2cccc(C)c2)n1. The summed E-state index contributed by atoms with van der Waals surface area (Å²) in [6, 6.07) is 8.33. The molecule has 18 heavy (non-hydrogen) atoms. The van der Waals surface area contributed by atoms with Gasteiger partial charge in [-0.2, -0.15) is 0 Å². The third kappa shape index (κ3) is 3.40. The van der Waals surface area contributed by atoms with Crippen molar-refractivity contribution < 1.29 is 4.79 Å². The molecule has 1 amide bonds. The van der Waals surface area contributed by atoms with Crippen LogP contribution in [0, 0.1) is 6.92 Å². The zero-order valence-corrected chi connectivity index (χ0v) is 11.4. The second-order valence-electron chi connectivity index (χ2n) is 4.25. The molecule has 2 aromatic rings. The molecule has 0 aliphatic rings. The summed E-state index contributed by atoms with van der Waals surface area (Å²) in [6.07, 6.45) is 0.780. The Morgan fingerprint density at radius 3 is 3.00 bits per heavy atom. The van der Waals surface area contributed by atoms with E-state index in [1.54, 1.807) is 11.3 Å². The van der Waals surface area contributed by atoms with Gasteiger partial charge in [-0.1, -0.05) is 23.8 Å². The Hall–Kier alpha value is -1.68. The van der Waals surface area contributed by atoms with Crippen LogP contribution in [0.4, 0.5) is 0 Å². The van der Waals surface area contributed by atoms with E-state index in [1.165, 1.54) is 12.5 Å². The second kappa shape index (κ2) is 5.78. The fourth-order valence-electron chi connectivity index (χ4n) is 1.70. The summed E-state index contributed by atoms with van der Waals surface area (Å²) in [5.74, 6) is 0.00383. The van der Waals surface area contributed by atoms with Gasteiger partial charge in [0.15, 0.2) is 0 Å². The van der Waals surface area contributed by atoms with Gasteiger partial charge in [0, 0.05) is 30.8 Å². The second-order valence-corrected chi connectivity index (χ2v) is 5.10. The summed E-state index contributed by atoms with van der Waals surface area (Å²) in [7, 11) is 0. The minimum atomic E-state index is 0.00383. The van der Waals surface area contributed by atoms with Gasteiger partial charge >= 0.3 is 0 Å². The molecule has 4 heteroatoms. The maximum Gasteiger partial charge on any atom is 0.216 e. The number of nitrogens with zero attached hydrogens (tertiary/aromatic N) is 1. The molecule has 1 aromatic carbocycles. The molecule has 1 heterocycles. The first kappa shape index (κ1) is 12.8. The van der Waals surface area contributed by atoms with Gasteiger partial charge in [0.25, 0.3) is 0 Å². The lowest BCUT2D eigenvalue weighted by atomic mass is 10.1. The van der Waals surface area contributed by atoms with Gasteiger partial charge in [-0.05, 0) is 13.0 Å². The van der Waals surface area contributed by atoms with E-state index in [1.807, 2.05) is 6.07 Å². The summed E-state index contributed by atoms with van der Waals surface area (Å²) in [5, 5.41) is 5.87. The molecule has 1 N–H and O–H groups in total. The molecule has 0 radical (unpaired) electrons. The van der Waals surface area contributed by atoms with Crippen LogP contribution >= 0.6 is 11.3 Å². The van der Waals surface area contributed by atoms with Crippen LogP contribution in [0.5, 0.6) is 0 Å². The van der Waals surface area contributed by atoms with Crippen molar-refractivity contribution in [1.29, 1.82) is 0 Å². The Bertz CT molecular complexity index is 548. The highest BCUT2D eigenvalue weighted by Crippen LogP contribution is 2.24. The first-order chi connectivity index (χ1) is 8.65. The van der Waals surface area contributed by atoms with E-state index in [0.29, 0.717) is 6.54 Å². The Kier molecular flexibility index (Phi) is 4.10. The Balaban J connectivity index is 2.04. The molecule has 0 aliphatic heterocycles. The maximum atomic E-state index is 10.8. The van der Waals surface area contributed by atoms with Gasteiger partial charge in [0.2, 0.25) is 5.91 Å². The molecule has 0 saturated carbocycles. The van der Waals surface area contributed by atoms with Crippen molar-refractivity contribution >= 4 is 17.2 Å². The Morgan fingerprint density at radius 1 is 1.44 bits per heavy atom. The van der Waals surface area contributed by atoms with Crippen molar-refractivity contribution in [2.24, 2.45) is 0 Å². The van der Waals surface area contributed by atoms with Gasteiger partial charge in [-0.15, -0.1) is 11.3 Å². The lowest BCUT2D eigenvalue weighted by molar-refractivity contribution is -0.118. The molecule has 0 saturated heterocycles. The first-order valence-corrected chi connectivity index (χ1v) is 6.79. The molecular formula is C14H16N2OS. The van der Waals surface area contributed by atoms with Crippen LogP contribution in [0.3, 0.4) is 0 Å². The van der Waals surface area contributed by atoms with Crippen LogP contribution in [0.25, 0.3) is 10.6 Å². The number of nitrogens with one attached hydrogen (secondary N) is 1. The molecule has 0 aliphatic carbocycles. The highest BCUT2D eigenvalue weighted by Gasteiger charge is 2.04. The number of aromatic nitrogens is 1. The molecule has 0 bridgehead atoms. The van der Waals surface area contributed by atoms with E-state index in [2.05, 4.69) is 40.8 Å². The van der Waals surface area contributed by atoms with Crippen molar-refractivity contribution in [3.05, 3.63) is 40.9 Å². The highest BCUT2D eigenvalue weighted by atomic mass is 32.1. The average molecular weight is 260 g/mol. The quantitative estimate of drug-likeness (QED) is 0.918. The molecule has 0 unspecified atom stereocenters. The number of benzene rings is 1. The number of carbonyl (C=O) groups is 1. The summed E-state index contributed by atoms with van der Waals surface area (Å²) in [5.41, 5.74) is 3.43. The molecule has 0 atom stereocenters. The maximum absolute atomic E-state index is 10.8. The predicted molar refractivity (Wildman–Crippen MR) is 74.7 cm³/mol. The van der Waals surface area contributed by atoms with E-state index >= 15 is 0 Å². The lowest BCUT2D eigenvalue weighted by Crippen LogP contribution is -2.22. The van der Waals surface area contributed by atoms with Crippen LogP contribution in [0.15, 0.2) is 29.6 Å². The zero-order valence-electron chi connectivity index (χ0n) is 10.6. The van der Waals surface area contributed by atoms with Crippen LogP contribution < -0.4 is 5.32 Å². The number of rotatable bonds is 4. The van der Waals surface area contributed by atoms with Crippen molar-refractivity contribution in [3.63, 3.8) is 0 Å². The van der Waals surface area contributed by atoms with Gasteiger partial charge in [-0.3, -0.25) is 4.79 Å². The fraction of sp³-hybridized carbons (Fsp3) is 0.286. The van der Waals surface area contributed by atoms with Crippen LogP contribution in [-0.2, 0) is 11.2 Å². The topological polar surface area (TPSA) is 42.0 Å². The summed E-state index contributed by atoms with van der Waals surface area (Å²) in [6.45, 7) is 4.25. The standard InChI is InChI=1S/C14H16N2OS/c1-10-4-3-5-12(8-10)14-16-13(9-18-14)6-7-15-11(2)17/h3-5,8-9H,6-7H2,1-2H3,(H,15,17). The smallest absolute Gasteiger partial charge is 0.216 e. The lowest BCUT2D eigenvalue weighted by Gasteiger charge is -1.99. The molecule has 2 rings (SSSR count). The fourth-order valence-corrected chi connectivity index (χ4v) is 2.55. The van der Waals surface area contributed by atoms with Gasteiger partial charge in [0.1, 0.15) is 5.01 Å². The molecular weight excluding hydrogens is 244 g/mol. The highest BCUT2D eigenvalue weighted by molar-refractivity contribution is 7.13. The van der Waals surface area contributed by atoms with E-state index in [4.69, 9.17) is 0 Å². The average Bonchev–Trinajstić information content (AvgIpc) is 2.77. The molecule has 3 nitrogen and oxygen atoms in total. The molecule has 94 valence electrons. The number of aryl methyl sites for hydroxylation is 1. The minimum Gasteiger partial charge on any atom is -0.356 e. The summed E-state index contributed by atoms with van der Waals surface area (Å²) in [4.78, 5) is 15.4. The van der Waals surface area contributed by atoms with Crippen molar-refractivity contribution in [1.82, 2.24) is 10.3 Å². The third-order valence-corrected chi connectivity index (χ3v) is 3.51. The number of thiazole rings is 1. The zero-order chi connectivity index (χ0) is 13.0. The van der Waals surface area contributed by atoms with Crippen LogP contribution in [0.1, 0.15) is 18.2 Å². The normalized spacial score (nSPS) is 10.3. The van der Waals surface area contributed by atoms with Gasteiger partial charge in [0.05, 0.1) is 5.69 Å². The molecule has 1 aromatic heterocycles. The third-order valence-electron chi connectivity index (χ3n) is 2.57. The number of hydrogen-bond donors (Lipinski definition) is 1. The van der Waals surface area contributed by atoms with E-state index in [0.717, 1.165) is 22.7 Å². The van der Waals surface area contributed by atoms with E-state index in [9.17, 15) is 4.79 Å². The number of amides is 1. The first-order valence-electron chi connectivity index (χ1n) is 5.91. The van der Waals surface area contributed by atoms with Gasteiger partial charge in [-0.25, -0.2) is 4.98 Å².